The lowest BCUT2D eigenvalue weighted by Crippen LogP contribution is -2.41. The normalized spacial score (nSPS) is 21.5. The fourth-order valence-electron chi connectivity index (χ4n) is 2.37. The minimum Gasteiger partial charge on any atom is -0.384 e. The fraction of sp³-hybridized carbons (Fsp3) is 0.538. The van der Waals surface area contributed by atoms with Crippen molar-refractivity contribution in [3.8, 4) is 0 Å². The first-order valence-corrected chi connectivity index (χ1v) is 8.10. The van der Waals surface area contributed by atoms with E-state index in [1.54, 1.807) is 35.7 Å². The molecule has 1 atom stereocenters. The predicted molar refractivity (Wildman–Crippen MR) is 74.8 cm³/mol. The smallest absolute Gasteiger partial charge is 0.243 e. The van der Waals surface area contributed by atoms with Crippen molar-refractivity contribution in [2.24, 2.45) is 5.92 Å². The van der Waals surface area contributed by atoms with Crippen LogP contribution in [0.3, 0.4) is 0 Å². The van der Waals surface area contributed by atoms with E-state index in [-0.39, 0.29) is 5.92 Å². The Kier molecular flexibility index (Phi) is 4.84. The van der Waals surface area contributed by atoms with Gasteiger partial charge >= 0.3 is 0 Å². The minimum absolute atomic E-state index is 0.279. The Morgan fingerprint density at radius 2 is 2.05 bits per heavy atom. The predicted octanol–water partition coefficient (Wildman–Crippen LogP) is 2.39. The van der Waals surface area contributed by atoms with Crippen molar-refractivity contribution in [1.29, 1.82) is 0 Å². The first-order chi connectivity index (χ1) is 9.04. The largest absolute Gasteiger partial charge is 0.384 e. The van der Waals surface area contributed by atoms with Crippen LogP contribution >= 0.6 is 11.6 Å². The maximum atomic E-state index is 12.5. The van der Waals surface area contributed by atoms with Crippen LogP contribution < -0.4 is 0 Å². The van der Waals surface area contributed by atoms with Crippen LogP contribution in [0, 0.1) is 5.92 Å². The van der Waals surface area contributed by atoms with E-state index in [1.165, 1.54) is 0 Å². The zero-order chi connectivity index (χ0) is 13.9. The van der Waals surface area contributed by atoms with Gasteiger partial charge < -0.3 is 4.74 Å². The molecule has 1 fully saturated rings. The molecule has 1 aromatic rings. The van der Waals surface area contributed by atoms with Gasteiger partial charge in [-0.3, -0.25) is 0 Å². The van der Waals surface area contributed by atoms with Crippen LogP contribution in [0.2, 0.25) is 5.02 Å². The molecule has 0 spiro atoms. The SMILES string of the molecule is COCC1CCCN(S(=O)(=O)c2ccc(Cl)cc2)C1. The number of hydrogen-bond donors (Lipinski definition) is 0. The molecule has 0 saturated carbocycles. The molecule has 1 aromatic carbocycles. The van der Waals surface area contributed by atoms with Gasteiger partial charge in [-0.05, 0) is 43.0 Å². The van der Waals surface area contributed by atoms with Gasteiger partial charge in [0.25, 0.3) is 0 Å². The molecule has 0 amide bonds. The number of benzene rings is 1. The van der Waals surface area contributed by atoms with Crippen LogP contribution in [-0.2, 0) is 14.8 Å². The molecular weight excluding hydrogens is 286 g/mol. The molecule has 19 heavy (non-hydrogen) atoms. The van der Waals surface area contributed by atoms with Crippen molar-refractivity contribution in [1.82, 2.24) is 4.31 Å². The van der Waals surface area contributed by atoms with Crippen molar-refractivity contribution in [3.05, 3.63) is 29.3 Å². The van der Waals surface area contributed by atoms with Crippen LogP contribution in [0.1, 0.15) is 12.8 Å². The second kappa shape index (κ2) is 6.22. The summed E-state index contributed by atoms with van der Waals surface area (Å²) in [4.78, 5) is 0.301. The van der Waals surface area contributed by atoms with E-state index in [0.29, 0.717) is 29.6 Å². The van der Waals surface area contributed by atoms with Gasteiger partial charge in [0.05, 0.1) is 11.5 Å². The maximum absolute atomic E-state index is 12.5. The second-order valence-corrected chi connectivity index (χ2v) is 7.15. The summed E-state index contributed by atoms with van der Waals surface area (Å²) in [5.41, 5.74) is 0. The highest BCUT2D eigenvalue weighted by Gasteiger charge is 2.30. The summed E-state index contributed by atoms with van der Waals surface area (Å²) in [5, 5.41) is 0.537. The number of nitrogens with zero attached hydrogens (tertiary/aromatic N) is 1. The van der Waals surface area contributed by atoms with Crippen LogP contribution in [0.25, 0.3) is 0 Å². The monoisotopic (exact) mass is 303 g/mol. The molecule has 2 rings (SSSR count). The van der Waals surface area contributed by atoms with Crippen molar-refractivity contribution < 1.29 is 13.2 Å². The van der Waals surface area contributed by atoms with Crippen molar-refractivity contribution in [2.75, 3.05) is 26.8 Å². The van der Waals surface area contributed by atoms with Gasteiger partial charge in [-0.2, -0.15) is 4.31 Å². The minimum atomic E-state index is -3.41. The molecule has 1 unspecified atom stereocenters. The fourth-order valence-corrected chi connectivity index (χ4v) is 4.05. The molecule has 1 saturated heterocycles. The average Bonchev–Trinajstić information content (AvgIpc) is 2.40. The Balaban J connectivity index is 2.17. The number of halogens is 1. The molecule has 0 aliphatic carbocycles. The lowest BCUT2D eigenvalue weighted by molar-refractivity contribution is 0.118. The van der Waals surface area contributed by atoms with E-state index >= 15 is 0 Å². The van der Waals surface area contributed by atoms with Gasteiger partial charge in [0.1, 0.15) is 0 Å². The van der Waals surface area contributed by atoms with Gasteiger partial charge in [0.2, 0.25) is 10.0 Å². The number of methoxy groups -OCH3 is 1. The molecule has 0 aromatic heterocycles. The van der Waals surface area contributed by atoms with E-state index in [0.717, 1.165) is 12.8 Å². The Morgan fingerprint density at radius 3 is 2.68 bits per heavy atom. The maximum Gasteiger partial charge on any atom is 0.243 e. The first kappa shape index (κ1) is 14.8. The first-order valence-electron chi connectivity index (χ1n) is 6.28. The Hall–Kier alpha value is -0.620. The van der Waals surface area contributed by atoms with E-state index in [9.17, 15) is 8.42 Å². The lowest BCUT2D eigenvalue weighted by Gasteiger charge is -2.31. The van der Waals surface area contributed by atoms with E-state index in [2.05, 4.69) is 0 Å². The van der Waals surface area contributed by atoms with E-state index in [4.69, 9.17) is 16.3 Å². The van der Waals surface area contributed by atoms with Crippen LogP contribution in [0.4, 0.5) is 0 Å². The Morgan fingerprint density at radius 1 is 1.37 bits per heavy atom. The highest BCUT2D eigenvalue weighted by Crippen LogP contribution is 2.24. The molecular formula is C13H18ClNO3S. The third kappa shape index (κ3) is 3.48. The third-order valence-corrected chi connectivity index (χ3v) is 5.47. The van der Waals surface area contributed by atoms with Crippen LogP contribution in [-0.4, -0.2) is 39.5 Å². The summed E-state index contributed by atoms with van der Waals surface area (Å²) in [7, 11) is -1.77. The van der Waals surface area contributed by atoms with E-state index in [1.807, 2.05) is 0 Å². The summed E-state index contributed by atoms with van der Waals surface area (Å²) < 4.78 is 31.7. The molecule has 6 heteroatoms. The molecule has 1 aliphatic rings. The standard InChI is InChI=1S/C13H18ClNO3S/c1-18-10-11-3-2-8-15(9-11)19(16,17)13-6-4-12(14)5-7-13/h4-7,11H,2-3,8-10H2,1H3. The average molecular weight is 304 g/mol. The second-order valence-electron chi connectivity index (χ2n) is 4.78. The van der Waals surface area contributed by atoms with Gasteiger partial charge in [-0.25, -0.2) is 8.42 Å². The molecule has 0 radical (unpaired) electrons. The quantitative estimate of drug-likeness (QED) is 0.858. The Bertz CT molecular complexity index is 513. The summed E-state index contributed by atoms with van der Waals surface area (Å²) in [6, 6.07) is 6.31. The molecule has 106 valence electrons. The van der Waals surface area contributed by atoms with Gasteiger partial charge in [0, 0.05) is 25.2 Å². The third-order valence-electron chi connectivity index (χ3n) is 3.34. The topological polar surface area (TPSA) is 46.6 Å². The van der Waals surface area contributed by atoms with Crippen LogP contribution in [0.5, 0.6) is 0 Å². The molecule has 4 nitrogen and oxygen atoms in total. The number of piperidine rings is 1. The number of ether oxygens (including phenoxy) is 1. The van der Waals surface area contributed by atoms with Crippen LogP contribution in [0.15, 0.2) is 29.2 Å². The summed E-state index contributed by atoms with van der Waals surface area (Å²) in [5.74, 6) is 0.279. The number of hydrogen-bond acceptors (Lipinski definition) is 3. The van der Waals surface area contributed by atoms with Gasteiger partial charge in [-0.1, -0.05) is 11.6 Å². The lowest BCUT2D eigenvalue weighted by atomic mass is 10.0. The molecule has 0 N–H and O–H groups in total. The highest BCUT2D eigenvalue weighted by molar-refractivity contribution is 7.89. The number of sulfonamides is 1. The zero-order valence-corrected chi connectivity index (χ0v) is 12.5. The molecule has 1 aliphatic heterocycles. The molecule has 1 heterocycles. The zero-order valence-electron chi connectivity index (χ0n) is 10.9. The van der Waals surface area contributed by atoms with E-state index < -0.39 is 10.0 Å². The number of rotatable bonds is 4. The highest BCUT2D eigenvalue weighted by atomic mass is 35.5. The van der Waals surface area contributed by atoms with Crippen molar-refractivity contribution in [3.63, 3.8) is 0 Å². The van der Waals surface area contributed by atoms with Gasteiger partial charge in [-0.15, -0.1) is 0 Å². The summed E-state index contributed by atoms with van der Waals surface area (Å²) in [6.45, 7) is 1.70. The Labute approximate surface area is 119 Å². The van der Waals surface area contributed by atoms with Crippen molar-refractivity contribution >= 4 is 21.6 Å². The van der Waals surface area contributed by atoms with Gasteiger partial charge in [0.15, 0.2) is 0 Å². The summed E-state index contributed by atoms with van der Waals surface area (Å²) >= 11 is 5.79. The molecule has 0 bridgehead atoms. The van der Waals surface area contributed by atoms with Crippen molar-refractivity contribution in [2.45, 2.75) is 17.7 Å². The summed E-state index contributed by atoms with van der Waals surface area (Å²) in [6.07, 6.45) is 1.89.